The van der Waals surface area contributed by atoms with E-state index in [2.05, 4.69) is 0 Å². The summed E-state index contributed by atoms with van der Waals surface area (Å²) >= 11 is 0. The van der Waals surface area contributed by atoms with Gasteiger partial charge in [-0.1, -0.05) is 25.7 Å². The molecule has 0 saturated heterocycles. The van der Waals surface area contributed by atoms with E-state index >= 15 is 0 Å². The minimum Gasteiger partial charge on any atom is -0.478 e. The van der Waals surface area contributed by atoms with Gasteiger partial charge in [-0.3, -0.25) is 4.55 Å². The predicted molar refractivity (Wildman–Crippen MR) is 79.7 cm³/mol. The van der Waals surface area contributed by atoms with Crippen LogP contribution in [0.1, 0.15) is 46.4 Å². The Labute approximate surface area is 125 Å². The Balaban J connectivity index is 0.000000687. The first kappa shape index (κ1) is 19.5. The van der Waals surface area contributed by atoms with Crippen molar-refractivity contribution >= 4 is 32.0 Å². The highest BCUT2D eigenvalue weighted by Gasteiger charge is 2.17. The molecule has 1 aliphatic carbocycles. The van der Waals surface area contributed by atoms with Crippen LogP contribution in [0.5, 0.6) is 0 Å². The average Bonchev–Trinajstić information content (AvgIpc) is 2.24. The molecule has 1 aromatic carbocycles. The van der Waals surface area contributed by atoms with Crippen LogP contribution >= 0.6 is 9.90 Å². The van der Waals surface area contributed by atoms with Gasteiger partial charge in [0.05, 0.1) is 16.0 Å². The van der Waals surface area contributed by atoms with Gasteiger partial charge in [0.25, 0.3) is 10.1 Å². The van der Waals surface area contributed by atoms with Crippen LogP contribution in [0.25, 0.3) is 0 Å². The molecule has 21 heavy (non-hydrogen) atoms. The van der Waals surface area contributed by atoms with Gasteiger partial charge in [0.15, 0.2) is 0 Å². The molecule has 0 radical (unpaired) electrons. The molecule has 1 aromatic rings. The predicted octanol–water partition coefficient (Wildman–Crippen LogP) is 1.95. The van der Waals surface area contributed by atoms with Gasteiger partial charge in [-0.25, -0.2) is 9.59 Å². The minimum absolute atomic E-state index is 0. The summed E-state index contributed by atoms with van der Waals surface area (Å²) in [6, 6.07) is 2.13. The lowest BCUT2D eigenvalue weighted by atomic mass is 10.0. The number of aromatic carboxylic acids is 2. The zero-order valence-corrected chi connectivity index (χ0v) is 13.4. The van der Waals surface area contributed by atoms with Gasteiger partial charge in [-0.05, 0) is 18.2 Å². The van der Waals surface area contributed by atoms with E-state index in [0.29, 0.717) is 12.1 Å². The molecule has 1 saturated carbocycles. The van der Waals surface area contributed by atoms with Crippen molar-refractivity contribution in [3.63, 3.8) is 0 Å². The summed E-state index contributed by atoms with van der Waals surface area (Å²) in [7, 11) is -4.64. The largest absolute Gasteiger partial charge is 0.478 e. The van der Waals surface area contributed by atoms with Gasteiger partial charge in [-0.2, -0.15) is 18.3 Å². The molecule has 0 aromatic heterocycles. The smallest absolute Gasteiger partial charge is 0.335 e. The fraction of sp³-hybridized carbons (Fsp3) is 0.333. The molecule has 0 bridgehead atoms. The molecular weight excluding hydrogens is 319 g/mol. The summed E-state index contributed by atoms with van der Waals surface area (Å²) in [6.45, 7) is 0. The van der Waals surface area contributed by atoms with Gasteiger partial charge < -0.3 is 10.2 Å². The summed E-state index contributed by atoms with van der Waals surface area (Å²) < 4.78 is 30.2. The molecule has 9 heteroatoms. The van der Waals surface area contributed by atoms with Crippen LogP contribution < -0.4 is 0 Å². The summed E-state index contributed by atoms with van der Waals surface area (Å²) in [4.78, 5) is 20.4. The summed E-state index contributed by atoms with van der Waals surface area (Å²) in [5.41, 5.74) is -1.07. The highest BCUT2D eigenvalue weighted by molar-refractivity contribution is 7.85. The van der Waals surface area contributed by atoms with Gasteiger partial charge in [0.1, 0.15) is 0 Å². The number of hydrogen-bond acceptors (Lipinski definition) is 4. The number of hydrogen-bond donors (Lipinski definition) is 3. The van der Waals surface area contributed by atoms with Crippen molar-refractivity contribution < 1.29 is 32.8 Å². The highest BCUT2D eigenvalue weighted by Crippen LogP contribution is 2.15. The Morgan fingerprint density at radius 3 is 1.38 bits per heavy atom. The summed E-state index contributed by atoms with van der Waals surface area (Å²) in [5, 5.41) is 17.2. The number of carboxylic acid groups (broad SMARTS) is 2. The lowest BCUT2D eigenvalue weighted by Crippen LogP contribution is -2.07. The second kappa shape index (κ2) is 8.07. The van der Waals surface area contributed by atoms with E-state index in [4.69, 9.17) is 14.8 Å². The molecule has 3 N–H and O–H groups in total. The molecule has 1 unspecified atom stereocenters. The normalized spacial score (nSPS) is 13.0. The molecule has 1 fully saturated rings. The first-order chi connectivity index (χ1) is 9.21. The first-order valence-electron chi connectivity index (χ1n) is 5.81. The first-order valence-corrected chi connectivity index (χ1v) is 7.25. The summed E-state index contributed by atoms with van der Waals surface area (Å²) in [5.74, 6) is -2.99. The molecule has 1 aliphatic rings. The zero-order valence-electron chi connectivity index (χ0n) is 11.2. The molecule has 2 rings (SSSR count). The number of benzene rings is 1. The second-order valence-corrected chi connectivity index (χ2v) is 5.67. The molecule has 7 nitrogen and oxygen atoms in total. The lowest BCUT2D eigenvalue weighted by Gasteiger charge is -2.05. The number of carbonyl (C=O) groups is 2. The second-order valence-electron chi connectivity index (χ2n) is 4.25. The molecule has 118 valence electrons. The molecule has 0 aliphatic heterocycles. The van der Waals surface area contributed by atoms with Crippen LogP contribution in [0.2, 0.25) is 0 Å². The number of carboxylic acids is 2. The van der Waals surface area contributed by atoms with E-state index in [-0.39, 0.29) is 9.90 Å². The third kappa shape index (κ3) is 6.20. The van der Waals surface area contributed by atoms with Crippen LogP contribution in [0.15, 0.2) is 23.1 Å². The van der Waals surface area contributed by atoms with E-state index in [1.54, 1.807) is 0 Å². The van der Waals surface area contributed by atoms with Crippen LogP contribution in [0.4, 0.5) is 0 Å². The minimum atomic E-state index is -4.64. The molecule has 0 amide bonds. The third-order valence-corrected chi connectivity index (χ3v) is 3.53. The lowest BCUT2D eigenvalue weighted by molar-refractivity contribution is 0.0696. The van der Waals surface area contributed by atoms with E-state index in [0.717, 1.165) is 6.07 Å². The van der Waals surface area contributed by atoms with Gasteiger partial charge >= 0.3 is 11.9 Å². The standard InChI is InChI=1S/C8H6O7S.C4H8.H3P/c9-7(10)4-1-5(8(11)12)3-6(2-4)16(13,14)15;1-2-4-3-1;/h1-3H,(H,9,10)(H,11,12)(H,13,14,15);1-4H2;1H3. The Morgan fingerprint density at radius 1 is 0.857 bits per heavy atom. The van der Waals surface area contributed by atoms with Crippen molar-refractivity contribution in [2.24, 2.45) is 0 Å². The van der Waals surface area contributed by atoms with Crippen molar-refractivity contribution in [2.75, 3.05) is 0 Å². The van der Waals surface area contributed by atoms with Crippen molar-refractivity contribution in [3.8, 4) is 0 Å². The average molecular weight is 336 g/mol. The monoisotopic (exact) mass is 336 g/mol. The molecule has 1 atom stereocenters. The number of rotatable bonds is 3. The van der Waals surface area contributed by atoms with E-state index < -0.39 is 38.1 Å². The maximum Gasteiger partial charge on any atom is 0.335 e. The Bertz CT molecular complexity index is 584. The Morgan fingerprint density at radius 2 is 1.19 bits per heavy atom. The van der Waals surface area contributed by atoms with Crippen molar-refractivity contribution in [2.45, 2.75) is 30.6 Å². The molecular formula is C12H17O7PS. The third-order valence-electron chi connectivity index (χ3n) is 2.70. The Kier molecular flexibility index (Phi) is 7.49. The molecule has 0 spiro atoms. The van der Waals surface area contributed by atoms with E-state index in [9.17, 15) is 18.0 Å². The fourth-order valence-electron chi connectivity index (χ4n) is 1.24. The fourth-order valence-corrected chi connectivity index (χ4v) is 1.80. The quantitative estimate of drug-likeness (QED) is 0.568. The van der Waals surface area contributed by atoms with Crippen LogP contribution in [-0.2, 0) is 10.1 Å². The van der Waals surface area contributed by atoms with Crippen LogP contribution in [0, 0.1) is 0 Å². The highest BCUT2D eigenvalue weighted by atomic mass is 32.2. The van der Waals surface area contributed by atoms with E-state index in [1.807, 2.05) is 0 Å². The maximum absolute atomic E-state index is 10.8. The topological polar surface area (TPSA) is 129 Å². The summed E-state index contributed by atoms with van der Waals surface area (Å²) in [6.07, 6.45) is 6.00. The van der Waals surface area contributed by atoms with Crippen molar-refractivity contribution in [3.05, 3.63) is 29.3 Å². The van der Waals surface area contributed by atoms with E-state index in [1.165, 1.54) is 25.7 Å². The van der Waals surface area contributed by atoms with Crippen LogP contribution in [0.3, 0.4) is 0 Å². The molecule has 0 heterocycles. The SMILES string of the molecule is C1CCC1.O=C(O)c1cc(C(=O)O)cc(S(=O)(=O)O)c1.P. The Hall–Kier alpha value is -1.50. The van der Waals surface area contributed by atoms with Crippen molar-refractivity contribution in [1.29, 1.82) is 0 Å². The van der Waals surface area contributed by atoms with Crippen LogP contribution in [-0.4, -0.2) is 35.1 Å². The maximum atomic E-state index is 10.8. The van der Waals surface area contributed by atoms with Gasteiger partial charge in [-0.15, -0.1) is 0 Å². The van der Waals surface area contributed by atoms with Gasteiger partial charge in [0.2, 0.25) is 0 Å². The van der Waals surface area contributed by atoms with Crippen molar-refractivity contribution in [1.82, 2.24) is 0 Å². The van der Waals surface area contributed by atoms with Gasteiger partial charge in [0, 0.05) is 0 Å². The zero-order chi connectivity index (χ0) is 15.3.